The third-order valence-electron chi connectivity index (χ3n) is 6.06. The second-order valence-corrected chi connectivity index (χ2v) is 8.79. The number of para-hydroxylation sites is 1. The SMILES string of the molecule is Cc1noc(-c2ccc(-c3ccc(Oc4ccccc4C(=O)O)nn3)cc2)c1NC(=O)O[C@H](C)c1ccccc1. The van der Waals surface area contributed by atoms with E-state index < -0.39 is 18.2 Å². The Labute approximate surface area is 229 Å². The third kappa shape index (κ3) is 5.81. The van der Waals surface area contributed by atoms with Gasteiger partial charge in [0.1, 0.15) is 28.8 Å². The summed E-state index contributed by atoms with van der Waals surface area (Å²) in [6.07, 6.45) is -1.06. The molecule has 0 fully saturated rings. The number of carboxylic acid groups (broad SMARTS) is 1. The molecule has 200 valence electrons. The van der Waals surface area contributed by atoms with E-state index in [9.17, 15) is 14.7 Å². The predicted molar refractivity (Wildman–Crippen MR) is 146 cm³/mol. The quantitative estimate of drug-likeness (QED) is 0.217. The van der Waals surface area contributed by atoms with E-state index in [-0.39, 0.29) is 17.2 Å². The molecule has 5 rings (SSSR count). The number of aryl methyl sites for hydroxylation is 1. The van der Waals surface area contributed by atoms with Gasteiger partial charge in [0.05, 0.1) is 5.69 Å². The molecule has 2 N–H and O–H groups in total. The Hall–Kier alpha value is -5.51. The lowest BCUT2D eigenvalue weighted by atomic mass is 10.1. The van der Waals surface area contributed by atoms with Gasteiger partial charge in [-0.3, -0.25) is 5.32 Å². The van der Waals surface area contributed by atoms with Gasteiger partial charge in [0.2, 0.25) is 5.88 Å². The Morgan fingerprint density at radius 3 is 2.27 bits per heavy atom. The summed E-state index contributed by atoms with van der Waals surface area (Å²) in [5, 5.41) is 24.4. The molecule has 0 radical (unpaired) electrons. The van der Waals surface area contributed by atoms with Crippen molar-refractivity contribution < 1.29 is 28.7 Å². The summed E-state index contributed by atoms with van der Waals surface area (Å²) in [5.41, 5.74) is 3.87. The van der Waals surface area contributed by atoms with E-state index in [0.29, 0.717) is 28.4 Å². The van der Waals surface area contributed by atoms with Crippen molar-refractivity contribution in [1.29, 1.82) is 0 Å². The number of carboxylic acids is 1. The van der Waals surface area contributed by atoms with Crippen LogP contribution in [0.4, 0.5) is 10.5 Å². The maximum Gasteiger partial charge on any atom is 0.412 e. The molecule has 0 aliphatic heterocycles. The third-order valence-corrected chi connectivity index (χ3v) is 6.06. The van der Waals surface area contributed by atoms with Crippen LogP contribution in [0.5, 0.6) is 11.6 Å². The van der Waals surface area contributed by atoms with Gasteiger partial charge in [0.15, 0.2) is 5.76 Å². The van der Waals surface area contributed by atoms with E-state index >= 15 is 0 Å². The lowest BCUT2D eigenvalue weighted by Crippen LogP contribution is -2.16. The number of hydrogen-bond donors (Lipinski definition) is 2. The normalized spacial score (nSPS) is 11.4. The van der Waals surface area contributed by atoms with E-state index in [2.05, 4.69) is 20.7 Å². The average Bonchev–Trinajstić information content (AvgIpc) is 3.33. The van der Waals surface area contributed by atoms with Gasteiger partial charge in [-0.2, -0.15) is 0 Å². The zero-order valence-corrected chi connectivity index (χ0v) is 21.6. The van der Waals surface area contributed by atoms with Crippen LogP contribution < -0.4 is 10.1 Å². The van der Waals surface area contributed by atoms with Crippen LogP contribution in [-0.4, -0.2) is 32.5 Å². The molecule has 3 aromatic carbocycles. The summed E-state index contributed by atoms with van der Waals surface area (Å²) in [6, 6.07) is 26.4. The van der Waals surface area contributed by atoms with Gasteiger partial charge < -0.3 is 19.1 Å². The highest BCUT2D eigenvalue weighted by Crippen LogP contribution is 2.33. The van der Waals surface area contributed by atoms with Crippen molar-refractivity contribution in [2.75, 3.05) is 5.32 Å². The van der Waals surface area contributed by atoms with Gasteiger partial charge >= 0.3 is 12.1 Å². The fourth-order valence-corrected chi connectivity index (χ4v) is 3.96. The van der Waals surface area contributed by atoms with Crippen LogP contribution >= 0.6 is 0 Å². The van der Waals surface area contributed by atoms with E-state index in [1.54, 1.807) is 44.2 Å². The number of hydrogen-bond acceptors (Lipinski definition) is 8. The van der Waals surface area contributed by atoms with Gasteiger partial charge in [-0.25, -0.2) is 9.59 Å². The second kappa shape index (κ2) is 11.5. The van der Waals surface area contributed by atoms with Gasteiger partial charge in [-0.05, 0) is 37.6 Å². The van der Waals surface area contributed by atoms with Gasteiger partial charge in [-0.1, -0.05) is 71.9 Å². The number of aromatic carboxylic acids is 1. The first kappa shape index (κ1) is 26.1. The maximum absolute atomic E-state index is 12.6. The van der Waals surface area contributed by atoms with E-state index in [0.717, 1.165) is 11.1 Å². The minimum atomic E-state index is -1.10. The number of nitrogens with one attached hydrogen (secondary N) is 1. The molecule has 0 spiro atoms. The number of rotatable bonds is 8. The van der Waals surface area contributed by atoms with Crippen LogP contribution in [0.3, 0.4) is 0 Å². The van der Waals surface area contributed by atoms with Crippen molar-refractivity contribution >= 4 is 17.7 Å². The lowest BCUT2D eigenvalue weighted by Gasteiger charge is -2.14. The molecule has 2 heterocycles. The molecular formula is C30H24N4O6. The Morgan fingerprint density at radius 1 is 0.875 bits per heavy atom. The van der Waals surface area contributed by atoms with Gasteiger partial charge in [-0.15, -0.1) is 10.2 Å². The number of carbonyl (C=O) groups is 2. The molecule has 0 aliphatic carbocycles. The zero-order chi connectivity index (χ0) is 28.1. The zero-order valence-electron chi connectivity index (χ0n) is 21.6. The number of aromatic nitrogens is 3. The first-order valence-electron chi connectivity index (χ1n) is 12.3. The van der Waals surface area contributed by atoms with Crippen LogP contribution in [-0.2, 0) is 4.74 Å². The molecule has 0 aliphatic rings. The molecule has 40 heavy (non-hydrogen) atoms. The average molecular weight is 537 g/mol. The number of amides is 1. The summed E-state index contributed by atoms with van der Waals surface area (Å²) in [6.45, 7) is 3.53. The fourth-order valence-electron chi connectivity index (χ4n) is 3.96. The predicted octanol–water partition coefficient (Wildman–Crippen LogP) is 6.91. The molecule has 5 aromatic rings. The molecule has 10 heteroatoms. The van der Waals surface area contributed by atoms with E-state index in [1.807, 2.05) is 54.6 Å². The number of carbonyl (C=O) groups excluding carboxylic acids is 1. The van der Waals surface area contributed by atoms with E-state index in [4.69, 9.17) is 14.0 Å². The summed E-state index contributed by atoms with van der Waals surface area (Å²) in [5.74, 6) is -0.374. The Kier molecular flexibility index (Phi) is 7.49. The fraction of sp³-hybridized carbons (Fsp3) is 0.100. The smallest absolute Gasteiger partial charge is 0.412 e. The number of ether oxygens (including phenoxy) is 2. The van der Waals surface area contributed by atoms with Crippen molar-refractivity contribution in [2.24, 2.45) is 0 Å². The van der Waals surface area contributed by atoms with Crippen molar-refractivity contribution in [2.45, 2.75) is 20.0 Å². The molecule has 0 saturated heterocycles. The molecule has 1 amide bonds. The summed E-state index contributed by atoms with van der Waals surface area (Å²) >= 11 is 0. The molecule has 0 unspecified atom stereocenters. The molecule has 2 aromatic heterocycles. The lowest BCUT2D eigenvalue weighted by molar-refractivity contribution is 0.0694. The molecule has 1 atom stereocenters. The summed E-state index contributed by atoms with van der Waals surface area (Å²) < 4.78 is 16.6. The Balaban J connectivity index is 1.28. The Morgan fingerprint density at radius 2 is 1.57 bits per heavy atom. The van der Waals surface area contributed by atoms with Gasteiger partial charge in [0, 0.05) is 17.2 Å². The number of benzene rings is 3. The summed E-state index contributed by atoms with van der Waals surface area (Å²) in [4.78, 5) is 24.0. The van der Waals surface area contributed by atoms with Crippen molar-refractivity contribution in [3.05, 3.63) is 108 Å². The molecule has 10 nitrogen and oxygen atoms in total. The largest absolute Gasteiger partial charge is 0.478 e. The Bertz CT molecular complexity index is 1630. The monoisotopic (exact) mass is 536 g/mol. The number of anilines is 1. The minimum absolute atomic E-state index is 0.0273. The van der Waals surface area contributed by atoms with Crippen LogP contribution in [0.15, 0.2) is 95.5 Å². The summed E-state index contributed by atoms with van der Waals surface area (Å²) in [7, 11) is 0. The second-order valence-electron chi connectivity index (χ2n) is 8.79. The molecule has 0 bridgehead atoms. The van der Waals surface area contributed by atoms with E-state index in [1.165, 1.54) is 6.07 Å². The van der Waals surface area contributed by atoms with Crippen LogP contribution in [0.2, 0.25) is 0 Å². The van der Waals surface area contributed by atoms with Crippen molar-refractivity contribution in [3.63, 3.8) is 0 Å². The van der Waals surface area contributed by atoms with Crippen LogP contribution in [0.1, 0.15) is 34.6 Å². The first-order valence-corrected chi connectivity index (χ1v) is 12.3. The maximum atomic E-state index is 12.6. The molecule has 0 saturated carbocycles. The highest BCUT2D eigenvalue weighted by atomic mass is 16.6. The topological polar surface area (TPSA) is 137 Å². The minimum Gasteiger partial charge on any atom is -0.478 e. The van der Waals surface area contributed by atoms with Crippen LogP contribution in [0, 0.1) is 6.92 Å². The van der Waals surface area contributed by atoms with Crippen molar-refractivity contribution in [3.8, 4) is 34.2 Å². The van der Waals surface area contributed by atoms with Crippen LogP contribution in [0.25, 0.3) is 22.6 Å². The van der Waals surface area contributed by atoms with Gasteiger partial charge in [0.25, 0.3) is 0 Å². The van der Waals surface area contributed by atoms with Crippen molar-refractivity contribution in [1.82, 2.24) is 15.4 Å². The highest BCUT2D eigenvalue weighted by Gasteiger charge is 2.20. The number of nitrogens with zero attached hydrogens (tertiary/aromatic N) is 3. The first-order chi connectivity index (χ1) is 19.4. The standard InChI is InChI=1S/C30H24N4O6/c1-18-27(31-30(37)38-19(2)20-8-4-3-5-9-20)28(40-34-18)22-14-12-21(13-15-22)24-16-17-26(33-32-24)39-25-11-7-6-10-23(25)29(35)36/h3-17,19H,1-2H3,(H,31,37)(H,35,36)/t19-/m1/s1. The highest BCUT2D eigenvalue weighted by molar-refractivity contribution is 5.91. The molecular weight excluding hydrogens is 512 g/mol.